The van der Waals surface area contributed by atoms with E-state index in [-0.39, 0.29) is 17.0 Å². The molecule has 0 radical (unpaired) electrons. The Morgan fingerprint density at radius 3 is 1.97 bits per heavy atom. The predicted molar refractivity (Wildman–Crippen MR) is 108 cm³/mol. The first-order valence-corrected chi connectivity index (χ1v) is 9.48. The van der Waals surface area contributed by atoms with Gasteiger partial charge in [0.05, 0.1) is 18.2 Å². The lowest BCUT2D eigenvalue weighted by molar-refractivity contribution is -0.140. The molecular weight excluding hydrogens is 372 g/mol. The molecule has 2 aromatic carbocycles. The highest BCUT2D eigenvalue weighted by Crippen LogP contribution is 2.17. The molecule has 0 aromatic heterocycles. The highest BCUT2D eigenvalue weighted by Gasteiger charge is 2.28. The molecule has 1 heterocycles. The number of amides is 1. The van der Waals surface area contributed by atoms with Gasteiger partial charge in [0, 0.05) is 31.9 Å². The maximum Gasteiger partial charge on any atom is 0.339 e. The molecule has 0 N–H and O–H groups in total. The second kappa shape index (κ2) is 9.23. The van der Waals surface area contributed by atoms with Crippen molar-refractivity contribution in [2.45, 2.75) is 13.0 Å². The molecule has 0 saturated carbocycles. The van der Waals surface area contributed by atoms with E-state index in [1.807, 2.05) is 30.3 Å². The molecular formula is C22H24N2O5. The Morgan fingerprint density at radius 2 is 1.38 bits per heavy atom. The smallest absolute Gasteiger partial charge is 0.339 e. The summed E-state index contributed by atoms with van der Waals surface area (Å²) in [4.78, 5) is 41.0. The van der Waals surface area contributed by atoms with Crippen LogP contribution in [0.25, 0.3) is 0 Å². The standard InChI is InChI=1S/C22H24N2O5/c1-16(29-22(27)19-11-7-6-10-18(19)21(26)28-2)20(25)24-14-12-23(13-15-24)17-8-4-3-5-9-17/h3-11,16H,12-15H2,1-2H3. The number of carbonyl (C=O) groups excluding carboxylic acids is 3. The molecule has 2 aromatic rings. The highest BCUT2D eigenvalue weighted by molar-refractivity contribution is 6.03. The number of methoxy groups -OCH3 is 1. The van der Waals surface area contributed by atoms with Crippen LogP contribution in [0.2, 0.25) is 0 Å². The van der Waals surface area contributed by atoms with Gasteiger partial charge in [-0.1, -0.05) is 30.3 Å². The predicted octanol–water partition coefficient (Wildman–Crippen LogP) is 2.37. The summed E-state index contributed by atoms with van der Waals surface area (Å²) in [6, 6.07) is 16.2. The van der Waals surface area contributed by atoms with Gasteiger partial charge in [0.1, 0.15) is 0 Å². The fourth-order valence-electron chi connectivity index (χ4n) is 3.30. The van der Waals surface area contributed by atoms with Crippen LogP contribution in [0.15, 0.2) is 54.6 Å². The third-order valence-electron chi connectivity index (χ3n) is 4.90. The van der Waals surface area contributed by atoms with Crippen molar-refractivity contribution >= 4 is 23.5 Å². The van der Waals surface area contributed by atoms with Crippen molar-refractivity contribution in [1.82, 2.24) is 4.90 Å². The molecule has 1 aliphatic heterocycles. The van der Waals surface area contributed by atoms with Crippen molar-refractivity contribution in [3.05, 3.63) is 65.7 Å². The molecule has 0 bridgehead atoms. The number of hydrogen-bond donors (Lipinski definition) is 0. The maximum atomic E-state index is 12.7. The summed E-state index contributed by atoms with van der Waals surface area (Å²) >= 11 is 0. The molecule has 3 rings (SSSR count). The van der Waals surface area contributed by atoms with Crippen LogP contribution in [0.5, 0.6) is 0 Å². The van der Waals surface area contributed by atoms with Gasteiger partial charge in [-0.2, -0.15) is 0 Å². The van der Waals surface area contributed by atoms with Crippen LogP contribution in [0, 0.1) is 0 Å². The van der Waals surface area contributed by atoms with Crippen molar-refractivity contribution in [1.29, 1.82) is 0 Å². The molecule has 152 valence electrons. The van der Waals surface area contributed by atoms with Crippen LogP contribution in [-0.2, 0) is 14.3 Å². The lowest BCUT2D eigenvalue weighted by Crippen LogP contribution is -2.51. The summed E-state index contributed by atoms with van der Waals surface area (Å²) in [6.07, 6.45) is -0.948. The van der Waals surface area contributed by atoms with Gasteiger partial charge in [-0.3, -0.25) is 4.79 Å². The van der Waals surface area contributed by atoms with Crippen LogP contribution in [0.3, 0.4) is 0 Å². The minimum Gasteiger partial charge on any atom is -0.465 e. The number of hydrogen-bond acceptors (Lipinski definition) is 6. The zero-order chi connectivity index (χ0) is 20.8. The maximum absolute atomic E-state index is 12.7. The van der Waals surface area contributed by atoms with E-state index in [2.05, 4.69) is 4.90 Å². The fraction of sp³-hybridized carbons (Fsp3) is 0.318. The Bertz CT molecular complexity index is 876. The number of anilines is 1. The van der Waals surface area contributed by atoms with Gasteiger partial charge in [-0.05, 0) is 31.2 Å². The van der Waals surface area contributed by atoms with Gasteiger partial charge in [0.2, 0.25) is 0 Å². The minimum absolute atomic E-state index is 0.0768. The second-order valence-electron chi connectivity index (χ2n) is 6.73. The molecule has 1 fully saturated rings. The monoisotopic (exact) mass is 396 g/mol. The number of ether oxygens (including phenoxy) is 2. The number of nitrogens with zero attached hydrogens (tertiary/aromatic N) is 2. The van der Waals surface area contributed by atoms with Crippen LogP contribution in [0.4, 0.5) is 5.69 Å². The topological polar surface area (TPSA) is 76.2 Å². The average molecular weight is 396 g/mol. The number of carbonyl (C=O) groups is 3. The van der Waals surface area contributed by atoms with Crippen LogP contribution in [0.1, 0.15) is 27.6 Å². The van der Waals surface area contributed by atoms with E-state index < -0.39 is 18.0 Å². The molecule has 29 heavy (non-hydrogen) atoms. The molecule has 0 aliphatic carbocycles. The first kappa shape index (κ1) is 20.4. The molecule has 1 aliphatic rings. The normalized spacial score (nSPS) is 14.8. The first-order valence-electron chi connectivity index (χ1n) is 9.48. The van der Waals surface area contributed by atoms with E-state index in [9.17, 15) is 14.4 Å². The van der Waals surface area contributed by atoms with E-state index in [0.717, 1.165) is 5.69 Å². The third-order valence-corrected chi connectivity index (χ3v) is 4.90. The molecule has 1 saturated heterocycles. The number of esters is 2. The molecule has 0 spiro atoms. The molecule has 1 amide bonds. The molecule has 7 heteroatoms. The van der Waals surface area contributed by atoms with E-state index in [4.69, 9.17) is 9.47 Å². The quantitative estimate of drug-likeness (QED) is 0.723. The van der Waals surface area contributed by atoms with Crippen LogP contribution < -0.4 is 4.90 Å². The summed E-state index contributed by atoms with van der Waals surface area (Å²) in [5.41, 5.74) is 1.31. The van der Waals surface area contributed by atoms with Gasteiger partial charge in [-0.15, -0.1) is 0 Å². The fourth-order valence-corrected chi connectivity index (χ4v) is 3.30. The lowest BCUT2D eigenvalue weighted by Gasteiger charge is -2.37. The zero-order valence-corrected chi connectivity index (χ0v) is 16.5. The zero-order valence-electron chi connectivity index (χ0n) is 16.5. The average Bonchev–Trinajstić information content (AvgIpc) is 2.78. The summed E-state index contributed by atoms with van der Waals surface area (Å²) in [5.74, 6) is -1.61. The van der Waals surface area contributed by atoms with Gasteiger partial charge in [0.25, 0.3) is 5.91 Å². The largest absolute Gasteiger partial charge is 0.465 e. The van der Waals surface area contributed by atoms with Gasteiger partial charge in [0.15, 0.2) is 6.10 Å². The number of benzene rings is 2. The molecule has 1 unspecified atom stereocenters. The first-order chi connectivity index (χ1) is 14.0. The van der Waals surface area contributed by atoms with Crippen molar-refractivity contribution in [3.63, 3.8) is 0 Å². The van der Waals surface area contributed by atoms with Crippen molar-refractivity contribution in [2.24, 2.45) is 0 Å². The minimum atomic E-state index is -0.948. The van der Waals surface area contributed by atoms with Crippen LogP contribution in [-0.4, -0.2) is 62.1 Å². The number of para-hydroxylation sites is 1. The summed E-state index contributed by atoms with van der Waals surface area (Å²) in [7, 11) is 1.24. The van der Waals surface area contributed by atoms with E-state index in [1.165, 1.54) is 19.2 Å². The van der Waals surface area contributed by atoms with Gasteiger partial charge in [-0.25, -0.2) is 9.59 Å². The van der Waals surface area contributed by atoms with Crippen molar-refractivity contribution < 1.29 is 23.9 Å². The Balaban J connectivity index is 1.59. The molecule has 1 atom stereocenters. The number of rotatable bonds is 5. The highest BCUT2D eigenvalue weighted by atomic mass is 16.5. The summed E-state index contributed by atoms with van der Waals surface area (Å²) < 4.78 is 10.0. The van der Waals surface area contributed by atoms with E-state index in [0.29, 0.717) is 26.2 Å². The van der Waals surface area contributed by atoms with Crippen molar-refractivity contribution in [3.8, 4) is 0 Å². The van der Waals surface area contributed by atoms with Gasteiger partial charge >= 0.3 is 11.9 Å². The SMILES string of the molecule is COC(=O)c1ccccc1C(=O)OC(C)C(=O)N1CCN(c2ccccc2)CC1. The Labute approximate surface area is 169 Å². The lowest BCUT2D eigenvalue weighted by atomic mass is 10.1. The Morgan fingerprint density at radius 1 is 0.828 bits per heavy atom. The second-order valence-corrected chi connectivity index (χ2v) is 6.73. The number of piperazine rings is 1. The van der Waals surface area contributed by atoms with Crippen LogP contribution >= 0.6 is 0 Å². The third kappa shape index (κ3) is 4.74. The van der Waals surface area contributed by atoms with E-state index in [1.54, 1.807) is 24.0 Å². The molecule has 7 nitrogen and oxygen atoms in total. The summed E-state index contributed by atoms with van der Waals surface area (Å²) in [6.45, 7) is 4.07. The Kier molecular flexibility index (Phi) is 6.49. The Hall–Kier alpha value is -3.35. The van der Waals surface area contributed by atoms with E-state index >= 15 is 0 Å². The van der Waals surface area contributed by atoms with Gasteiger partial charge < -0.3 is 19.3 Å². The summed E-state index contributed by atoms with van der Waals surface area (Å²) in [5, 5.41) is 0. The van der Waals surface area contributed by atoms with Crippen molar-refractivity contribution in [2.75, 3.05) is 38.2 Å².